The Morgan fingerprint density at radius 2 is 2.00 bits per heavy atom. The topological polar surface area (TPSA) is 106 Å². The van der Waals surface area contributed by atoms with E-state index < -0.39 is 0 Å². The third-order valence-corrected chi connectivity index (χ3v) is 3.99. The minimum absolute atomic E-state index is 0.116. The van der Waals surface area contributed by atoms with Crippen molar-refractivity contribution in [2.75, 3.05) is 11.9 Å². The molecule has 3 aromatic rings. The number of rotatable bonds is 6. The summed E-state index contributed by atoms with van der Waals surface area (Å²) in [6.45, 7) is 1.89. The van der Waals surface area contributed by atoms with Crippen LogP contribution in [0.15, 0.2) is 53.8 Å². The van der Waals surface area contributed by atoms with Gasteiger partial charge in [-0.1, -0.05) is 12.1 Å². The maximum Gasteiger partial charge on any atom is 0.261 e. The number of fused-ring (bicyclic) bond motifs is 1. The standard InChI is InChI=1S/C19H19N5O3/c1-13-4-2-6-15-18(13)22-12-24(19(15)27)11-17(26)21-9-7-16(25)23-14-5-3-8-20-10-14/h2-6,8,10,12H,7,9,11H2,1H3,(H,21,26)(H,23,25). The molecule has 0 saturated heterocycles. The molecule has 3 rings (SSSR count). The lowest BCUT2D eigenvalue weighted by atomic mass is 10.1. The van der Waals surface area contributed by atoms with Gasteiger partial charge in [-0.25, -0.2) is 4.98 Å². The van der Waals surface area contributed by atoms with Crippen molar-refractivity contribution in [3.05, 3.63) is 65.0 Å². The molecule has 8 heteroatoms. The Hall–Kier alpha value is -3.55. The van der Waals surface area contributed by atoms with E-state index >= 15 is 0 Å². The maximum absolute atomic E-state index is 12.5. The van der Waals surface area contributed by atoms with Crippen LogP contribution in [-0.4, -0.2) is 32.9 Å². The van der Waals surface area contributed by atoms with Crippen LogP contribution in [0.1, 0.15) is 12.0 Å². The van der Waals surface area contributed by atoms with E-state index in [0.29, 0.717) is 16.6 Å². The Labute approximate surface area is 155 Å². The number of nitrogens with zero attached hydrogens (tertiary/aromatic N) is 3. The van der Waals surface area contributed by atoms with Crippen molar-refractivity contribution in [2.45, 2.75) is 19.9 Å². The molecule has 1 aromatic carbocycles. The number of hydrogen-bond acceptors (Lipinski definition) is 5. The van der Waals surface area contributed by atoms with Gasteiger partial charge in [0.25, 0.3) is 5.56 Å². The number of carbonyl (C=O) groups excluding carboxylic acids is 2. The number of para-hydroxylation sites is 1. The van der Waals surface area contributed by atoms with Crippen molar-refractivity contribution in [3.63, 3.8) is 0 Å². The van der Waals surface area contributed by atoms with Crippen LogP contribution in [-0.2, 0) is 16.1 Å². The SMILES string of the molecule is Cc1cccc2c(=O)n(CC(=O)NCCC(=O)Nc3cccnc3)cnc12. The van der Waals surface area contributed by atoms with E-state index in [1.165, 1.54) is 17.1 Å². The number of anilines is 1. The van der Waals surface area contributed by atoms with Crippen molar-refractivity contribution < 1.29 is 9.59 Å². The van der Waals surface area contributed by atoms with Gasteiger partial charge in [-0.3, -0.25) is 23.9 Å². The molecule has 0 aliphatic heterocycles. The molecule has 0 bridgehead atoms. The van der Waals surface area contributed by atoms with Crippen LogP contribution in [0, 0.1) is 6.92 Å². The second-order valence-corrected chi connectivity index (χ2v) is 6.04. The third-order valence-electron chi connectivity index (χ3n) is 3.99. The van der Waals surface area contributed by atoms with Crippen LogP contribution in [0.2, 0.25) is 0 Å². The van der Waals surface area contributed by atoms with Gasteiger partial charge >= 0.3 is 0 Å². The van der Waals surface area contributed by atoms with Gasteiger partial charge in [0.2, 0.25) is 11.8 Å². The number of aromatic nitrogens is 3. The monoisotopic (exact) mass is 365 g/mol. The molecule has 0 spiro atoms. The molecule has 27 heavy (non-hydrogen) atoms. The molecule has 0 fully saturated rings. The number of hydrogen-bond donors (Lipinski definition) is 2. The van der Waals surface area contributed by atoms with E-state index in [4.69, 9.17) is 0 Å². The predicted molar refractivity (Wildman–Crippen MR) is 101 cm³/mol. The zero-order valence-electron chi connectivity index (χ0n) is 14.8. The molecule has 0 radical (unpaired) electrons. The molecule has 0 aliphatic rings. The highest BCUT2D eigenvalue weighted by Gasteiger charge is 2.10. The van der Waals surface area contributed by atoms with Crippen LogP contribution in [0.4, 0.5) is 5.69 Å². The summed E-state index contributed by atoms with van der Waals surface area (Å²) in [7, 11) is 0. The molecular weight excluding hydrogens is 346 g/mol. The number of nitrogens with one attached hydrogen (secondary N) is 2. The predicted octanol–water partition coefficient (Wildman–Crippen LogP) is 1.24. The van der Waals surface area contributed by atoms with Gasteiger partial charge in [-0.2, -0.15) is 0 Å². The second kappa shape index (κ2) is 8.22. The van der Waals surface area contributed by atoms with Gasteiger partial charge in [-0.15, -0.1) is 0 Å². The first kappa shape index (κ1) is 18.2. The van der Waals surface area contributed by atoms with E-state index in [1.54, 1.807) is 30.5 Å². The van der Waals surface area contributed by atoms with Gasteiger partial charge in [0, 0.05) is 19.2 Å². The molecule has 2 amide bonds. The Bertz CT molecular complexity index is 1030. The summed E-state index contributed by atoms with van der Waals surface area (Å²) in [4.78, 5) is 44.5. The molecule has 0 saturated carbocycles. The van der Waals surface area contributed by atoms with Gasteiger partial charge in [0.05, 0.1) is 29.1 Å². The molecule has 2 N–H and O–H groups in total. The van der Waals surface area contributed by atoms with Gasteiger partial charge in [-0.05, 0) is 30.7 Å². The molecule has 0 unspecified atom stereocenters. The molecule has 0 aliphatic carbocycles. The van der Waals surface area contributed by atoms with Crippen LogP contribution < -0.4 is 16.2 Å². The minimum Gasteiger partial charge on any atom is -0.354 e. The first-order valence-corrected chi connectivity index (χ1v) is 8.46. The average Bonchev–Trinajstić information content (AvgIpc) is 2.65. The van der Waals surface area contributed by atoms with Crippen LogP contribution in [0.25, 0.3) is 10.9 Å². The van der Waals surface area contributed by atoms with Crippen LogP contribution in [0.5, 0.6) is 0 Å². The van der Waals surface area contributed by atoms with Crippen molar-refractivity contribution in [1.82, 2.24) is 19.9 Å². The molecule has 138 valence electrons. The van der Waals surface area contributed by atoms with Gasteiger partial charge in [0.1, 0.15) is 6.54 Å². The van der Waals surface area contributed by atoms with E-state index in [2.05, 4.69) is 20.6 Å². The smallest absolute Gasteiger partial charge is 0.261 e. The lowest BCUT2D eigenvalue weighted by Gasteiger charge is -2.09. The Kier molecular flexibility index (Phi) is 5.55. The summed E-state index contributed by atoms with van der Waals surface area (Å²) in [5.41, 5.74) is 1.86. The molecular formula is C19H19N5O3. The number of pyridine rings is 1. The van der Waals surface area contributed by atoms with Gasteiger partial charge < -0.3 is 10.6 Å². The quantitative estimate of drug-likeness (QED) is 0.684. The Balaban J connectivity index is 1.54. The summed E-state index contributed by atoms with van der Waals surface area (Å²) in [6, 6.07) is 8.79. The first-order valence-electron chi connectivity index (χ1n) is 8.46. The molecule has 0 atom stereocenters. The highest BCUT2D eigenvalue weighted by atomic mass is 16.2. The normalized spacial score (nSPS) is 10.6. The van der Waals surface area contributed by atoms with E-state index in [0.717, 1.165) is 5.56 Å². The summed E-state index contributed by atoms with van der Waals surface area (Å²) in [5, 5.41) is 5.79. The highest BCUT2D eigenvalue weighted by Crippen LogP contribution is 2.11. The average molecular weight is 365 g/mol. The summed E-state index contributed by atoms with van der Waals surface area (Å²) in [5.74, 6) is -0.594. The number of carbonyl (C=O) groups is 2. The van der Waals surface area contributed by atoms with Crippen molar-refractivity contribution >= 4 is 28.4 Å². The van der Waals surface area contributed by atoms with Crippen molar-refractivity contribution in [3.8, 4) is 0 Å². The fourth-order valence-corrected chi connectivity index (χ4v) is 2.64. The summed E-state index contributed by atoms with van der Waals surface area (Å²) >= 11 is 0. The molecule has 8 nitrogen and oxygen atoms in total. The van der Waals surface area contributed by atoms with Crippen LogP contribution in [0.3, 0.4) is 0 Å². The molecule has 2 aromatic heterocycles. The Morgan fingerprint density at radius 3 is 2.78 bits per heavy atom. The second-order valence-electron chi connectivity index (χ2n) is 6.04. The minimum atomic E-state index is -0.361. The first-order chi connectivity index (χ1) is 13.0. The number of amides is 2. The summed E-state index contributed by atoms with van der Waals surface area (Å²) < 4.78 is 1.26. The van der Waals surface area contributed by atoms with Crippen molar-refractivity contribution in [2.24, 2.45) is 0 Å². The largest absolute Gasteiger partial charge is 0.354 e. The number of benzene rings is 1. The van der Waals surface area contributed by atoms with E-state index in [1.807, 2.05) is 13.0 Å². The Morgan fingerprint density at radius 1 is 1.15 bits per heavy atom. The zero-order chi connectivity index (χ0) is 19.2. The van der Waals surface area contributed by atoms with Crippen molar-refractivity contribution in [1.29, 1.82) is 0 Å². The summed E-state index contributed by atoms with van der Waals surface area (Å²) in [6.07, 6.45) is 4.63. The van der Waals surface area contributed by atoms with Gasteiger partial charge in [0.15, 0.2) is 0 Å². The molecule has 2 heterocycles. The maximum atomic E-state index is 12.5. The highest BCUT2D eigenvalue weighted by molar-refractivity contribution is 5.91. The lowest BCUT2D eigenvalue weighted by Crippen LogP contribution is -2.34. The zero-order valence-corrected chi connectivity index (χ0v) is 14.8. The number of aryl methyl sites for hydroxylation is 1. The lowest BCUT2D eigenvalue weighted by molar-refractivity contribution is -0.121. The fourth-order valence-electron chi connectivity index (χ4n) is 2.64. The van der Waals surface area contributed by atoms with E-state index in [9.17, 15) is 14.4 Å². The third kappa shape index (κ3) is 4.55. The van der Waals surface area contributed by atoms with Crippen LogP contribution >= 0.6 is 0 Å². The van der Waals surface area contributed by atoms with E-state index in [-0.39, 0.29) is 36.9 Å². The fraction of sp³-hybridized carbons (Fsp3) is 0.211.